The number of rotatable bonds is 11. The van der Waals surface area contributed by atoms with Gasteiger partial charge in [0.1, 0.15) is 6.04 Å². The predicted molar refractivity (Wildman–Crippen MR) is 137 cm³/mol. The Kier molecular flexibility index (Phi) is 10.3. The van der Waals surface area contributed by atoms with E-state index in [0.29, 0.717) is 30.2 Å². The molecule has 0 aromatic heterocycles. The van der Waals surface area contributed by atoms with E-state index in [1.165, 1.54) is 0 Å². The number of likely N-dealkylation sites (tertiary alicyclic amines) is 1. The molecule has 1 amide bonds. The molecule has 0 spiro atoms. The summed E-state index contributed by atoms with van der Waals surface area (Å²) in [5.41, 5.74) is 0.786. The first-order valence-corrected chi connectivity index (χ1v) is 13.3. The number of hydrogen-bond acceptors (Lipinski definition) is 6. The van der Waals surface area contributed by atoms with Crippen molar-refractivity contribution in [1.82, 2.24) is 4.90 Å². The molecular weight excluding hydrogens is 462 g/mol. The molecule has 1 aliphatic heterocycles. The van der Waals surface area contributed by atoms with Gasteiger partial charge in [-0.2, -0.15) is 0 Å². The van der Waals surface area contributed by atoms with E-state index in [0.717, 1.165) is 56.9 Å². The number of ether oxygens (including phenoxy) is 4. The molecule has 1 saturated heterocycles. The number of amides is 1. The zero-order valence-electron chi connectivity index (χ0n) is 22.5. The normalized spacial score (nSPS) is 22.5. The number of aliphatic carboxylic acids is 1. The first-order chi connectivity index (χ1) is 17.4. The van der Waals surface area contributed by atoms with Crippen molar-refractivity contribution >= 4 is 11.9 Å². The molecule has 1 aliphatic carbocycles. The van der Waals surface area contributed by atoms with Crippen LogP contribution in [0.15, 0.2) is 12.1 Å². The molecular formula is C28H43NO7. The maximum absolute atomic E-state index is 14.3. The quantitative estimate of drug-likeness (QED) is 0.458. The molecule has 1 aromatic carbocycles. The van der Waals surface area contributed by atoms with Crippen LogP contribution in [0.3, 0.4) is 0 Å². The number of benzene rings is 1. The molecule has 1 saturated carbocycles. The van der Waals surface area contributed by atoms with Crippen molar-refractivity contribution in [2.75, 3.05) is 35.0 Å². The van der Waals surface area contributed by atoms with Gasteiger partial charge in [0.2, 0.25) is 11.7 Å². The molecule has 2 fully saturated rings. The Balaban J connectivity index is 1.98. The van der Waals surface area contributed by atoms with Gasteiger partial charge in [-0.3, -0.25) is 4.79 Å². The van der Waals surface area contributed by atoms with Crippen LogP contribution in [-0.2, 0) is 14.3 Å². The number of piperidine rings is 1. The largest absolute Gasteiger partial charge is 0.493 e. The summed E-state index contributed by atoms with van der Waals surface area (Å²) < 4.78 is 22.4. The summed E-state index contributed by atoms with van der Waals surface area (Å²) in [6.07, 6.45) is 8.17. The van der Waals surface area contributed by atoms with Crippen molar-refractivity contribution in [1.29, 1.82) is 0 Å². The zero-order valence-corrected chi connectivity index (χ0v) is 22.5. The van der Waals surface area contributed by atoms with E-state index in [1.54, 1.807) is 33.3 Å². The maximum Gasteiger partial charge on any atom is 0.326 e. The van der Waals surface area contributed by atoms with Gasteiger partial charge in [-0.25, -0.2) is 4.79 Å². The number of carbonyl (C=O) groups excluding carboxylic acids is 1. The molecule has 4 atom stereocenters. The van der Waals surface area contributed by atoms with Gasteiger partial charge in [0.05, 0.1) is 33.4 Å². The monoisotopic (exact) mass is 505 g/mol. The lowest BCUT2D eigenvalue weighted by Crippen LogP contribution is -2.53. The smallest absolute Gasteiger partial charge is 0.326 e. The van der Waals surface area contributed by atoms with E-state index < -0.39 is 17.9 Å². The number of methoxy groups -OCH3 is 4. The summed E-state index contributed by atoms with van der Waals surface area (Å²) in [6.45, 7) is 2.52. The average Bonchev–Trinajstić information content (AvgIpc) is 2.91. The van der Waals surface area contributed by atoms with Gasteiger partial charge in [-0.1, -0.05) is 32.6 Å². The minimum Gasteiger partial charge on any atom is -0.493 e. The SMILES string of the molecule is CCCC(OC)C1CCN(C(=O)[C@H](c2cc(OC)c(OC)c(OC)c2)C2CCCCC2)C(C(=O)O)C1. The number of carbonyl (C=O) groups is 2. The molecule has 3 rings (SSSR count). The van der Waals surface area contributed by atoms with Gasteiger partial charge in [-0.15, -0.1) is 0 Å². The molecule has 1 heterocycles. The fraction of sp³-hybridized carbons (Fsp3) is 0.714. The third-order valence-corrected chi connectivity index (χ3v) is 8.05. The van der Waals surface area contributed by atoms with Crippen LogP contribution in [-0.4, -0.2) is 69.0 Å². The Bertz CT molecular complexity index is 858. The summed E-state index contributed by atoms with van der Waals surface area (Å²) in [5.74, 6) is 0.184. The summed E-state index contributed by atoms with van der Waals surface area (Å²) in [6, 6.07) is 2.84. The minimum atomic E-state index is -0.952. The zero-order chi connectivity index (χ0) is 26.2. The summed E-state index contributed by atoms with van der Waals surface area (Å²) in [4.78, 5) is 28.3. The Morgan fingerprint density at radius 3 is 2.11 bits per heavy atom. The molecule has 8 nitrogen and oxygen atoms in total. The van der Waals surface area contributed by atoms with Crippen molar-refractivity contribution in [2.24, 2.45) is 11.8 Å². The van der Waals surface area contributed by atoms with E-state index in [9.17, 15) is 14.7 Å². The van der Waals surface area contributed by atoms with Crippen molar-refractivity contribution in [3.8, 4) is 17.2 Å². The topological polar surface area (TPSA) is 94.5 Å². The van der Waals surface area contributed by atoms with Gasteiger partial charge < -0.3 is 29.0 Å². The van der Waals surface area contributed by atoms with Crippen LogP contribution in [0.1, 0.15) is 76.2 Å². The van der Waals surface area contributed by atoms with Gasteiger partial charge in [0, 0.05) is 13.7 Å². The van der Waals surface area contributed by atoms with Gasteiger partial charge in [0.25, 0.3) is 0 Å². The number of carboxylic acids is 1. The fourth-order valence-corrected chi connectivity index (χ4v) is 6.20. The minimum absolute atomic E-state index is 0.0124. The van der Waals surface area contributed by atoms with Crippen molar-refractivity contribution in [3.63, 3.8) is 0 Å². The van der Waals surface area contributed by atoms with Crippen LogP contribution in [0.2, 0.25) is 0 Å². The van der Waals surface area contributed by atoms with Crippen LogP contribution in [0.25, 0.3) is 0 Å². The van der Waals surface area contributed by atoms with Crippen molar-refractivity contribution in [2.45, 2.75) is 82.8 Å². The second-order valence-corrected chi connectivity index (χ2v) is 10.1. The van der Waals surface area contributed by atoms with Crippen LogP contribution in [0, 0.1) is 11.8 Å². The first kappa shape index (κ1) is 28.1. The third kappa shape index (κ3) is 6.07. The molecule has 1 aromatic rings. The van der Waals surface area contributed by atoms with Gasteiger partial charge >= 0.3 is 5.97 Å². The molecule has 202 valence electrons. The van der Waals surface area contributed by atoms with Crippen LogP contribution >= 0.6 is 0 Å². The summed E-state index contributed by atoms with van der Waals surface area (Å²) >= 11 is 0. The van der Waals surface area contributed by atoms with E-state index in [1.807, 2.05) is 12.1 Å². The number of hydrogen-bond donors (Lipinski definition) is 1. The third-order valence-electron chi connectivity index (χ3n) is 8.05. The number of nitrogens with zero attached hydrogens (tertiary/aromatic N) is 1. The Labute approximate surface area is 215 Å². The molecule has 3 unspecified atom stereocenters. The van der Waals surface area contributed by atoms with E-state index in [2.05, 4.69) is 6.92 Å². The van der Waals surface area contributed by atoms with Gasteiger partial charge in [-0.05, 0) is 61.6 Å². The first-order valence-electron chi connectivity index (χ1n) is 13.3. The predicted octanol–water partition coefficient (Wildman–Crippen LogP) is 4.88. The number of carboxylic acid groups (broad SMARTS) is 1. The fourth-order valence-electron chi connectivity index (χ4n) is 6.20. The lowest BCUT2D eigenvalue weighted by molar-refractivity contribution is -0.156. The lowest BCUT2D eigenvalue weighted by Gasteiger charge is -2.42. The highest BCUT2D eigenvalue weighted by molar-refractivity contribution is 5.89. The highest BCUT2D eigenvalue weighted by Crippen LogP contribution is 2.45. The van der Waals surface area contributed by atoms with Gasteiger partial charge in [0.15, 0.2) is 11.5 Å². The Morgan fingerprint density at radius 2 is 1.61 bits per heavy atom. The second kappa shape index (κ2) is 13.2. The van der Waals surface area contributed by atoms with Crippen LogP contribution in [0.5, 0.6) is 17.2 Å². The highest BCUT2D eigenvalue weighted by Gasteiger charge is 2.43. The van der Waals surface area contributed by atoms with Crippen LogP contribution in [0.4, 0.5) is 0 Å². The molecule has 1 N–H and O–H groups in total. The molecule has 2 aliphatic rings. The molecule has 0 bridgehead atoms. The Hall–Kier alpha value is -2.48. The maximum atomic E-state index is 14.3. The Morgan fingerprint density at radius 1 is 0.972 bits per heavy atom. The van der Waals surface area contributed by atoms with E-state index >= 15 is 0 Å². The highest BCUT2D eigenvalue weighted by atomic mass is 16.5. The molecule has 0 radical (unpaired) electrons. The molecule has 8 heteroatoms. The van der Waals surface area contributed by atoms with Crippen molar-refractivity contribution in [3.05, 3.63) is 17.7 Å². The second-order valence-electron chi connectivity index (χ2n) is 10.1. The average molecular weight is 506 g/mol. The lowest BCUT2D eigenvalue weighted by atomic mass is 9.75. The van der Waals surface area contributed by atoms with E-state index in [4.69, 9.17) is 18.9 Å². The summed E-state index contributed by atoms with van der Waals surface area (Å²) in [7, 11) is 6.37. The van der Waals surface area contributed by atoms with Crippen molar-refractivity contribution < 1.29 is 33.6 Å². The van der Waals surface area contributed by atoms with Crippen LogP contribution < -0.4 is 14.2 Å². The summed E-state index contributed by atoms with van der Waals surface area (Å²) in [5, 5.41) is 10.2. The van der Waals surface area contributed by atoms with E-state index in [-0.39, 0.29) is 23.8 Å². The molecule has 36 heavy (non-hydrogen) atoms. The standard InChI is InChI=1S/C28H43NO7/c1-6-10-22(33-2)19-13-14-29(21(15-19)28(31)32)27(30)25(18-11-8-7-9-12-18)20-16-23(34-3)26(36-5)24(17-20)35-4/h16-19,21-22,25H,6-15H2,1-5H3,(H,31,32)/t19?,21?,22?,25-/m0/s1.